The molecule has 3 N–H and O–H groups in total. The number of aromatic nitrogens is 1. The van der Waals surface area contributed by atoms with Crippen LogP contribution in [0.25, 0.3) is 16.5 Å². The topological polar surface area (TPSA) is 117 Å². The molecule has 41 heavy (non-hydrogen) atoms. The van der Waals surface area contributed by atoms with Crippen molar-refractivity contribution in [3.63, 3.8) is 0 Å². The molecule has 1 saturated heterocycles. The zero-order chi connectivity index (χ0) is 29.6. The largest absolute Gasteiger partial charge is 0.437 e. The van der Waals surface area contributed by atoms with Crippen LogP contribution in [0, 0.1) is 18.7 Å². The summed E-state index contributed by atoms with van der Waals surface area (Å²) in [7, 11) is -3.72. The minimum absolute atomic E-state index is 0.0714. The number of allylic oxidation sites excluding steroid dienone is 1. The Morgan fingerprint density at radius 3 is 2.76 bits per heavy atom. The molecule has 1 aromatic heterocycles. The molecule has 0 aliphatic carbocycles. The van der Waals surface area contributed by atoms with E-state index in [-0.39, 0.29) is 17.5 Å². The first-order valence-corrected chi connectivity index (χ1v) is 15.4. The number of ether oxygens (including phenoxy) is 1. The lowest BCUT2D eigenvalue weighted by Crippen LogP contribution is -2.39. The molecule has 11 heteroatoms. The van der Waals surface area contributed by atoms with E-state index in [1.165, 1.54) is 6.07 Å². The van der Waals surface area contributed by atoms with E-state index < -0.39 is 15.8 Å². The van der Waals surface area contributed by atoms with Crippen LogP contribution in [0.4, 0.5) is 10.1 Å². The van der Waals surface area contributed by atoms with E-state index in [1.807, 2.05) is 26.0 Å². The molecule has 0 unspecified atom stereocenters. The molecule has 0 bridgehead atoms. The second-order valence-corrected chi connectivity index (χ2v) is 11.9. The van der Waals surface area contributed by atoms with E-state index in [1.54, 1.807) is 37.4 Å². The Morgan fingerprint density at radius 2 is 2.05 bits per heavy atom. The van der Waals surface area contributed by atoms with E-state index in [0.717, 1.165) is 25.1 Å². The second-order valence-electron chi connectivity index (χ2n) is 10.1. The molecular weight excluding hydrogens is 543 g/mol. The fourth-order valence-electron chi connectivity index (χ4n) is 4.78. The minimum atomic E-state index is -3.72. The van der Waals surface area contributed by atoms with Crippen molar-refractivity contribution in [2.24, 2.45) is 15.9 Å². The third-order valence-electron chi connectivity index (χ3n) is 7.05. The van der Waals surface area contributed by atoms with E-state index in [9.17, 15) is 12.8 Å². The summed E-state index contributed by atoms with van der Waals surface area (Å²) in [4.78, 5) is 13.4. The molecule has 4 rings (SSSR count). The maximum atomic E-state index is 14.9. The normalized spacial score (nSPS) is 18.3. The number of benzene rings is 2. The van der Waals surface area contributed by atoms with Crippen LogP contribution in [0.1, 0.15) is 44.7 Å². The van der Waals surface area contributed by atoms with Gasteiger partial charge >= 0.3 is 0 Å². The zero-order valence-corrected chi connectivity index (χ0v) is 24.7. The fourth-order valence-corrected chi connectivity index (χ4v) is 5.94. The highest BCUT2D eigenvalue weighted by Gasteiger charge is 2.22. The average molecular weight is 581 g/mol. The molecule has 2 heterocycles. The SMILES string of the molecule is C=NC(=N[C@@H]1CNCC[C@H]1C)N/C(=C\C)c1cccnc1Oc1c(C)ccc2c(NS(=O)(=O)CCC)c(F)ccc12. The highest BCUT2D eigenvalue weighted by molar-refractivity contribution is 7.92. The van der Waals surface area contributed by atoms with Gasteiger partial charge in [-0.15, -0.1) is 0 Å². The number of piperidine rings is 1. The quantitative estimate of drug-likeness (QED) is 0.223. The Balaban J connectivity index is 1.71. The number of nitrogens with one attached hydrogen (secondary N) is 3. The number of hydrogen-bond acceptors (Lipinski definition) is 6. The first-order valence-electron chi connectivity index (χ1n) is 13.7. The molecule has 0 spiro atoms. The summed E-state index contributed by atoms with van der Waals surface area (Å²) >= 11 is 0. The van der Waals surface area contributed by atoms with Crippen LogP contribution in [-0.4, -0.2) is 51.0 Å². The summed E-state index contributed by atoms with van der Waals surface area (Å²) in [5.41, 5.74) is 1.99. The van der Waals surface area contributed by atoms with Gasteiger partial charge in [-0.1, -0.05) is 32.1 Å². The predicted octanol–water partition coefficient (Wildman–Crippen LogP) is 5.63. The molecule has 1 aliphatic heterocycles. The van der Waals surface area contributed by atoms with Gasteiger partial charge in [-0.25, -0.2) is 27.8 Å². The first-order chi connectivity index (χ1) is 19.7. The van der Waals surface area contributed by atoms with E-state index in [2.05, 4.69) is 39.0 Å². The molecule has 2 aromatic carbocycles. The number of nitrogens with zero attached hydrogens (tertiary/aromatic N) is 3. The van der Waals surface area contributed by atoms with Gasteiger partial charge in [0.2, 0.25) is 21.9 Å². The zero-order valence-electron chi connectivity index (χ0n) is 23.9. The summed E-state index contributed by atoms with van der Waals surface area (Å²) in [6.07, 6.45) is 4.93. The maximum Gasteiger partial charge on any atom is 0.232 e. The third kappa shape index (κ3) is 7.09. The van der Waals surface area contributed by atoms with Gasteiger partial charge in [0.15, 0.2) is 0 Å². The third-order valence-corrected chi connectivity index (χ3v) is 8.51. The minimum Gasteiger partial charge on any atom is -0.437 e. The molecule has 2 atom stereocenters. The van der Waals surface area contributed by atoms with Crippen molar-refractivity contribution in [1.29, 1.82) is 0 Å². The van der Waals surface area contributed by atoms with Crippen LogP contribution in [0.15, 0.2) is 58.7 Å². The van der Waals surface area contributed by atoms with Crippen molar-refractivity contribution >= 4 is 44.9 Å². The Bertz CT molecular complexity index is 1590. The van der Waals surface area contributed by atoms with Crippen LogP contribution >= 0.6 is 0 Å². The van der Waals surface area contributed by atoms with Crippen molar-refractivity contribution in [3.05, 3.63) is 65.6 Å². The molecule has 1 fully saturated rings. The highest BCUT2D eigenvalue weighted by Crippen LogP contribution is 2.39. The van der Waals surface area contributed by atoms with Gasteiger partial charge in [0.1, 0.15) is 11.6 Å². The van der Waals surface area contributed by atoms with Gasteiger partial charge in [-0.3, -0.25) is 4.72 Å². The van der Waals surface area contributed by atoms with Crippen molar-refractivity contribution in [2.45, 2.75) is 46.6 Å². The van der Waals surface area contributed by atoms with Crippen molar-refractivity contribution in [1.82, 2.24) is 15.6 Å². The van der Waals surface area contributed by atoms with Crippen LogP contribution < -0.4 is 20.1 Å². The number of fused-ring (bicyclic) bond motifs is 1. The standard InChI is InChI=1S/C30H37FN6O3S/c1-6-17-41(38,39)37-27-21-11-10-20(4)28(22(21)12-13-24(27)31)40-29-23(9-8-15-34-29)25(7-2)35-30(32-5)36-26-18-33-16-14-19(26)3/h7-13,15,19,26,33,37H,5-6,14,16-18H2,1-4H3,(H,35,36)/b25-7-/t19-,26-/m1/s1. The number of aliphatic imine (C=N–C) groups is 2. The smallest absolute Gasteiger partial charge is 0.232 e. The van der Waals surface area contributed by atoms with Crippen molar-refractivity contribution in [2.75, 3.05) is 23.6 Å². The lowest BCUT2D eigenvalue weighted by molar-refractivity contribution is 0.349. The molecular formula is C30H37FN6O3S. The van der Waals surface area contributed by atoms with Gasteiger partial charge < -0.3 is 15.4 Å². The monoisotopic (exact) mass is 580 g/mol. The van der Waals surface area contributed by atoms with Crippen LogP contribution in [0.2, 0.25) is 0 Å². The molecule has 218 valence electrons. The number of sulfonamides is 1. The Kier molecular flexibility index (Phi) is 9.72. The van der Waals surface area contributed by atoms with Gasteiger partial charge in [0.25, 0.3) is 0 Å². The van der Waals surface area contributed by atoms with Crippen LogP contribution in [0.5, 0.6) is 11.6 Å². The number of halogens is 1. The summed E-state index contributed by atoms with van der Waals surface area (Å²) in [6, 6.07) is 9.98. The Labute approximate surface area is 241 Å². The first kappa shape index (κ1) is 30.1. The lowest BCUT2D eigenvalue weighted by Gasteiger charge is -2.26. The summed E-state index contributed by atoms with van der Waals surface area (Å²) < 4.78 is 48.7. The number of anilines is 1. The van der Waals surface area contributed by atoms with Gasteiger partial charge in [0, 0.05) is 29.2 Å². The van der Waals surface area contributed by atoms with Crippen LogP contribution in [-0.2, 0) is 10.0 Å². The van der Waals surface area contributed by atoms with E-state index in [0.29, 0.717) is 52.0 Å². The summed E-state index contributed by atoms with van der Waals surface area (Å²) in [5, 5.41) is 7.58. The second kappa shape index (κ2) is 13.2. The molecule has 0 radical (unpaired) electrons. The van der Waals surface area contributed by atoms with Crippen molar-refractivity contribution < 1.29 is 17.5 Å². The predicted molar refractivity (Wildman–Crippen MR) is 165 cm³/mol. The van der Waals surface area contributed by atoms with Crippen molar-refractivity contribution in [3.8, 4) is 11.6 Å². The Hall–Kier alpha value is -3.83. The summed E-state index contributed by atoms with van der Waals surface area (Å²) in [5.74, 6) is 0.766. The number of rotatable bonds is 9. The van der Waals surface area contributed by atoms with Gasteiger partial charge in [0.05, 0.1) is 23.0 Å². The van der Waals surface area contributed by atoms with E-state index in [4.69, 9.17) is 9.73 Å². The number of hydrogen-bond donors (Lipinski definition) is 3. The number of pyridine rings is 1. The average Bonchev–Trinajstić information content (AvgIpc) is 2.95. The fraction of sp³-hybridized carbons (Fsp3) is 0.367. The van der Waals surface area contributed by atoms with Gasteiger partial charge in [-0.05, 0) is 75.7 Å². The van der Waals surface area contributed by atoms with Crippen LogP contribution in [0.3, 0.4) is 0 Å². The number of guanidine groups is 1. The Morgan fingerprint density at radius 1 is 1.27 bits per heavy atom. The van der Waals surface area contributed by atoms with Gasteiger partial charge in [-0.2, -0.15) is 0 Å². The molecule has 3 aromatic rings. The summed E-state index contributed by atoms with van der Waals surface area (Å²) in [6.45, 7) is 13.1. The molecule has 0 saturated carbocycles. The lowest BCUT2D eigenvalue weighted by atomic mass is 9.95. The number of aryl methyl sites for hydroxylation is 1. The highest BCUT2D eigenvalue weighted by atomic mass is 32.2. The van der Waals surface area contributed by atoms with E-state index >= 15 is 0 Å². The molecule has 9 nitrogen and oxygen atoms in total. The molecule has 1 aliphatic rings. The maximum absolute atomic E-state index is 14.9. The molecule has 0 amide bonds.